The van der Waals surface area contributed by atoms with Crippen molar-refractivity contribution in [2.24, 2.45) is 0 Å². The SMILES string of the molecule is O=C(NC1CCNC1)c1cc(Cl)c(C(F)(F)F)cc1N1CCCC(F)(F)CC1. The van der Waals surface area contributed by atoms with Crippen LogP contribution in [-0.2, 0) is 6.18 Å². The van der Waals surface area contributed by atoms with E-state index >= 15 is 0 Å². The summed E-state index contributed by atoms with van der Waals surface area (Å²) >= 11 is 5.81. The molecule has 1 aromatic rings. The van der Waals surface area contributed by atoms with Crippen LogP contribution in [0.1, 0.15) is 41.6 Å². The van der Waals surface area contributed by atoms with Gasteiger partial charge >= 0.3 is 6.18 Å². The number of carbonyl (C=O) groups excluding carboxylic acids is 1. The molecular formula is C18H21ClF5N3O. The maximum atomic E-state index is 13.7. The quantitative estimate of drug-likeness (QED) is 0.717. The highest BCUT2D eigenvalue weighted by Crippen LogP contribution is 2.40. The van der Waals surface area contributed by atoms with Crippen molar-refractivity contribution in [1.29, 1.82) is 0 Å². The zero-order valence-corrected chi connectivity index (χ0v) is 15.8. The van der Waals surface area contributed by atoms with Gasteiger partial charge in [-0.2, -0.15) is 13.2 Å². The summed E-state index contributed by atoms with van der Waals surface area (Å²) in [5, 5.41) is 5.27. The largest absolute Gasteiger partial charge is 0.417 e. The molecule has 28 heavy (non-hydrogen) atoms. The Kier molecular flexibility index (Phi) is 6.05. The first-order chi connectivity index (χ1) is 13.1. The molecule has 3 rings (SSSR count). The van der Waals surface area contributed by atoms with Gasteiger partial charge in [0.05, 0.1) is 21.8 Å². The second kappa shape index (κ2) is 8.02. The molecule has 2 fully saturated rings. The number of carbonyl (C=O) groups is 1. The Hall–Kier alpha value is -1.61. The molecule has 2 N–H and O–H groups in total. The van der Waals surface area contributed by atoms with Gasteiger partial charge in [0.2, 0.25) is 5.92 Å². The Morgan fingerprint density at radius 1 is 1.25 bits per heavy atom. The van der Waals surface area contributed by atoms with Crippen molar-refractivity contribution in [3.8, 4) is 0 Å². The van der Waals surface area contributed by atoms with Crippen LogP contribution in [0.15, 0.2) is 12.1 Å². The van der Waals surface area contributed by atoms with E-state index in [9.17, 15) is 26.7 Å². The van der Waals surface area contributed by atoms with E-state index < -0.39 is 35.0 Å². The Balaban J connectivity index is 1.97. The fraction of sp³-hybridized carbons (Fsp3) is 0.611. The number of nitrogens with zero attached hydrogens (tertiary/aromatic N) is 1. The van der Waals surface area contributed by atoms with Crippen LogP contribution in [0.3, 0.4) is 0 Å². The molecule has 2 aliphatic heterocycles. The van der Waals surface area contributed by atoms with Crippen molar-refractivity contribution in [3.05, 3.63) is 28.3 Å². The van der Waals surface area contributed by atoms with Crippen LogP contribution >= 0.6 is 11.6 Å². The molecule has 0 saturated carbocycles. The molecule has 0 radical (unpaired) electrons. The number of nitrogens with one attached hydrogen (secondary N) is 2. The highest BCUT2D eigenvalue weighted by atomic mass is 35.5. The minimum absolute atomic E-state index is 0.0159. The van der Waals surface area contributed by atoms with Gasteiger partial charge in [-0.25, -0.2) is 8.78 Å². The Bertz CT molecular complexity index is 735. The van der Waals surface area contributed by atoms with Crippen LogP contribution in [0.4, 0.5) is 27.6 Å². The minimum atomic E-state index is -4.72. The Morgan fingerprint density at radius 3 is 2.64 bits per heavy atom. The highest BCUT2D eigenvalue weighted by molar-refractivity contribution is 6.32. The molecule has 0 bridgehead atoms. The number of halogens is 6. The molecule has 1 amide bonds. The van der Waals surface area contributed by atoms with E-state index in [2.05, 4.69) is 10.6 Å². The smallest absolute Gasteiger partial charge is 0.371 e. The number of benzene rings is 1. The molecule has 1 aromatic carbocycles. The summed E-state index contributed by atoms with van der Waals surface area (Å²) < 4.78 is 67.4. The molecule has 2 saturated heterocycles. The van der Waals surface area contributed by atoms with E-state index in [4.69, 9.17) is 11.6 Å². The van der Waals surface area contributed by atoms with E-state index in [1.165, 1.54) is 4.90 Å². The van der Waals surface area contributed by atoms with Gasteiger partial charge in [0.1, 0.15) is 0 Å². The first-order valence-electron chi connectivity index (χ1n) is 9.12. The summed E-state index contributed by atoms with van der Waals surface area (Å²) in [4.78, 5) is 14.2. The summed E-state index contributed by atoms with van der Waals surface area (Å²) in [5.74, 6) is -3.43. The first kappa shape index (κ1) is 21.1. The van der Waals surface area contributed by atoms with E-state index in [0.717, 1.165) is 18.7 Å². The molecule has 1 atom stereocenters. The first-order valence-corrected chi connectivity index (χ1v) is 9.50. The summed E-state index contributed by atoms with van der Waals surface area (Å²) in [5.41, 5.74) is -1.13. The molecule has 156 valence electrons. The normalized spacial score (nSPS) is 22.8. The standard InChI is InChI=1S/C18H21ClF5N3O/c19-14-8-12(16(28)26-11-2-5-25-10-11)15(9-13(14)18(22,23)24)27-6-1-3-17(20,21)4-7-27/h8-9,11,25H,1-7,10H2,(H,26,28). The van der Waals surface area contributed by atoms with E-state index in [1.807, 2.05) is 0 Å². The van der Waals surface area contributed by atoms with Crippen LogP contribution in [0.2, 0.25) is 5.02 Å². The Morgan fingerprint density at radius 2 is 2.00 bits per heavy atom. The van der Waals surface area contributed by atoms with Crippen molar-refractivity contribution in [3.63, 3.8) is 0 Å². The topological polar surface area (TPSA) is 44.4 Å². The molecule has 0 aromatic heterocycles. The van der Waals surface area contributed by atoms with Crippen molar-refractivity contribution in [2.45, 2.75) is 43.8 Å². The molecular weight excluding hydrogens is 405 g/mol. The lowest BCUT2D eigenvalue weighted by atomic mass is 10.1. The maximum Gasteiger partial charge on any atom is 0.417 e. The predicted molar refractivity (Wildman–Crippen MR) is 96.2 cm³/mol. The van der Waals surface area contributed by atoms with E-state index in [0.29, 0.717) is 13.0 Å². The molecule has 10 heteroatoms. The third-order valence-corrected chi connectivity index (χ3v) is 5.40. The average Bonchev–Trinajstić information content (AvgIpc) is 3.02. The van der Waals surface area contributed by atoms with Crippen molar-refractivity contribution in [2.75, 3.05) is 31.1 Å². The Labute approximate surface area is 164 Å². The summed E-state index contributed by atoms with van der Waals surface area (Å²) in [6.45, 7) is 1.29. The van der Waals surface area contributed by atoms with Crippen molar-refractivity contribution >= 4 is 23.2 Å². The second-order valence-electron chi connectivity index (χ2n) is 7.21. The number of hydrogen-bond acceptors (Lipinski definition) is 3. The molecule has 1 unspecified atom stereocenters. The third-order valence-electron chi connectivity index (χ3n) is 5.09. The number of rotatable bonds is 3. The lowest BCUT2D eigenvalue weighted by molar-refractivity contribution is -0.137. The number of amides is 1. The van der Waals surface area contributed by atoms with Gasteiger partial charge in [-0.3, -0.25) is 4.79 Å². The summed E-state index contributed by atoms with van der Waals surface area (Å²) in [7, 11) is 0. The maximum absolute atomic E-state index is 13.7. The van der Waals surface area contributed by atoms with Crippen molar-refractivity contribution < 1.29 is 26.7 Å². The minimum Gasteiger partial charge on any atom is -0.371 e. The highest BCUT2D eigenvalue weighted by Gasteiger charge is 2.37. The van der Waals surface area contributed by atoms with Crippen LogP contribution < -0.4 is 15.5 Å². The summed E-state index contributed by atoms with van der Waals surface area (Å²) in [6, 6.07) is 1.64. The fourth-order valence-corrected chi connectivity index (χ4v) is 3.84. The number of alkyl halides is 5. The van der Waals surface area contributed by atoms with Crippen LogP contribution in [0, 0.1) is 0 Å². The predicted octanol–water partition coefficient (Wildman–Crippen LogP) is 4.08. The fourth-order valence-electron chi connectivity index (χ4n) is 3.57. The van der Waals surface area contributed by atoms with Gasteiger partial charge in [0, 0.05) is 38.5 Å². The number of anilines is 1. The van der Waals surface area contributed by atoms with Gasteiger partial charge < -0.3 is 15.5 Å². The monoisotopic (exact) mass is 425 g/mol. The van der Waals surface area contributed by atoms with Gasteiger partial charge in [-0.1, -0.05) is 11.6 Å². The van der Waals surface area contributed by atoms with Gasteiger partial charge in [0.25, 0.3) is 5.91 Å². The van der Waals surface area contributed by atoms with Gasteiger partial charge in [-0.15, -0.1) is 0 Å². The average molecular weight is 426 g/mol. The van der Waals surface area contributed by atoms with Crippen LogP contribution in [0.5, 0.6) is 0 Å². The van der Waals surface area contributed by atoms with E-state index in [-0.39, 0.29) is 43.2 Å². The lowest BCUT2D eigenvalue weighted by Gasteiger charge is -2.27. The van der Waals surface area contributed by atoms with Gasteiger partial charge in [0.15, 0.2) is 0 Å². The zero-order chi connectivity index (χ0) is 20.5. The molecule has 0 spiro atoms. The third kappa shape index (κ3) is 4.86. The summed E-state index contributed by atoms with van der Waals surface area (Å²) in [6.07, 6.45) is -4.72. The van der Waals surface area contributed by atoms with Crippen LogP contribution in [0.25, 0.3) is 0 Å². The van der Waals surface area contributed by atoms with Crippen LogP contribution in [-0.4, -0.2) is 44.1 Å². The molecule has 2 aliphatic rings. The molecule has 4 nitrogen and oxygen atoms in total. The second-order valence-corrected chi connectivity index (χ2v) is 7.61. The number of hydrogen-bond donors (Lipinski definition) is 2. The van der Waals surface area contributed by atoms with Gasteiger partial charge in [-0.05, 0) is 31.5 Å². The zero-order valence-electron chi connectivity index (χ0n) is 15.0. The molecule has 0 aliphatic carbocycles. The molecule has 2 heterocycles. The van der Waals surface area contributed by atoms with E-state index in [1.54, 1.807) is 0 Å². The van der Waals surface area contributed by atoms with Crippen molar-refractivity contribution in [1.82, 2.24) is 10.6 Å². The lowest BCUT2D eigenvalue weighted by Crippen LogP contribution is -2.37.